The summed E-state index contributed by atoms with van der Waals surface area (Å²) in [5, 5.41) is 42.1. The van der Waals surface area contributed by atoms with Crippen molar-refractivity contribution in [1.82, 2.24) is 9.97 Å². The second-order valence-electron chi connectivity index (χ2n) is 8.28. The van der Waals surface area contributed by atoms with Gasteiger partial charge >= 0.3 is 5.97 Å². The van der Waals surface area contributed by atoms with Crippen molar-refractivity contribution in [2.75, 3.05) is 10.2 Å². The first kappa shape index (κ1) is 21.5. The van der Waals surface area contributed by atoms with Crippen LogP contribution < -0.4 is 15.0 Å². The Morgan fingerprint density at radius 1 is 1.18 bits per heavy atom. The number of aryl methyl sites for hydroxylation is 1. The number of aromatic nitrogens is 2. The molecule has 174 valence electrons. The largest absolute Gasteiger partial charge is 0.479 e. The SMILES string of the molecule is Cc1ccnc2c1NC(=O)c1cc(O[C@H]3O[C@@H](C(=O)O)[C@H](O)[C@@H](O)[C@@H]3O)cnc1N2C1CC1. The molecule has 0 aromatic carbocycles. The number of carboxylic acids is 1. The predicted octanol–water partition coefficient (Wildman–Crippen LogP) is -0.0778. The number of aliphatic hydroxyl groups excluding tert-OH is 3. The van der Waals surface area contributed by atoms with Crippen LogP contribution in [0.4, 0.5) is 17.3 Å². The van der Waals surface area contributed by atoms with E-state index in [0.717, 1.165) is 18.4 Å². The number of ether oxygens (including phenoxy) is 2. The van der Waals surface area contributed by atoms with Crippen molar-refractivity contribution in [3.8, 4) is 5.75 Å². The zero-order valence-corrected chi connectivity index (χ0v) is 17.5. The van der Waals surface area contributed by atoms with Gasteiger partial charge in [0.1, 0.15) is 29.9 Å². The van der Waals surface area contributed by atoms with Crippen LogP contribution in [0, 0.1) is 6.92 Å². The smallest absolute Gasteiger partial charge is 0.335 e. The Morgan fingerprint density at radius 3 is 2.64 bits per heavy atom. The van der Waals surface area contributed by atoms with Gasteiger partial charge in [-0.1, -0.05) is 0 Å². The van der Waals surface area contributed by atoms with Crippen LogP contribution in [0.2, 0.25) is 0 Å². The van der Waals surface area contributed by atoms with Crippen LogP contribution in [0.25, 0.3) is 0 Å². The highest BCUT2D eigenvalue weighted by Crippen LogP contribution is 2.44. The summed E-state index contributed by atoms with van der Waals surface area (Å²) in [6.45, 7) is 1.87. The Morgan fingerprint density at radius 2 is 1.94 bits per heavy atom. The molecule has 1 saturated carbocycles. The summed E-state index contributed by atoms with van der Waals surface area (Å²) in [5.41, 5.74) is 1.62. The van der Waals surface area contributed by atoms with Gasteiger partial charge < -0.3 is 40.1 Å². The summed E-state index contributed by atoms with van der Waals surface area (Å²) in [4.78, 5) is 35.2. The molecule has 12 nitrogen and oxygen atoms in total. The Hall–Kier alpha value is -3.32. The van der Waals surface area contributed by atoms with Gasteiger partial charge in [-0.15, -0.1) is 0 Å². The molecule has 4 heterocycles. The van der Waals surface area contributed by atoms with Gasteiger partial charge in [-0.25, -0.2) is 14.8 Å². The van der Waals surface area contributed by atoms with E-state index in [1.54, 1.807) is 12.3 Å². The fraction of sp³-hybridized carbons (Fsp3) is 0.429. The number of anilines is 3. The standard InChI is InChI=1S/C21H22N4O8/c1-8-4-5-22-18-12(8)24-19(29)11-6-10(7-23-17(11)25(18)9-2-3-9)32-21-15(28)13(26)14(27)16(33-21)20(30)31/h4-7,9,13-16,21,26-28H,2-3H2,1H3,(H,24,29)(H,30,31)/t13-,14-,15+,16-,21+/m1/s1. The maximum atomic E-state index is 13.1. The molecule has 3 aliphatic rings. The van der Waals surface area contributed by atoms with E-state index in [9.17, 15) is 30.0 Å². The van der Waals surface area contributed by atoms with Crippen LogP contribution >= 0.6 is 0 Å². The number of nitrogens with zero attached hydrogens (tertiary/aromatic N) is 3. The Kier molecular flexibility index (Phi) is 5.16. The molecule has 0 radical (unpaired) electrons. The van der Waals surface area contributed by atoms with Crippen molar-refractivity contribution < 1.29 is 39.5 Å². The number of carbonyl (C=O) groups is 2. The molecule has 5 atom stereocenters. The van der Waals surface area contributed by atoms with Crippen LogP contribution in [-0.4, -0.2) is 79.0 Å². The average molecular weight is 458 g/mol. The minimum absolute atomic E-state index is 0.00654. The van der Waals surface area contributed by atoms with Gasteiger partial charge in [0.05, 0.1) is 17.4 Å². The Labute approximate surface area is 187 Å². The van der Waals surface area contributed by atoms with E-state index in [1.807, 2.05) is 11.8 Å². The highest BCUT2D eigenvalue weighted by atomic mass is 16.7. The van der Waals surface area contributed by atoms with Gasteiger partial charge in [0.15, 0.2) is 11.9 Å². The predicted molar refractivity (Wildman–Crippen MR) is 111 cm³/mol. The van der Waals surface area contributed by atoms with Gasteiger partial charge in [-0.2, -0.15) is 0 Å². The molecule has 1 saturated heterocycles. The molecule has 2 aromatic heterocycles. The zero-order chi connectivity index (χ0) is 23.4. The number of pyridine rings is 2. The quantitative estimate of drug-likeness (QED) is 0.414. The van der Waals surface area contributed by atoms with E-state index in [-0.39, 0.29) is 17.4 Å². The molecule has 12 heteroatoms. The number of fused-ring (bicyclic) bond motifs is 2. The summed E-state index contributed by atoms with van der Waals surface area (Å²) in [7, 11) is 0. The molecule has 2 aliphatic heterocycles. The van der Waals surface area contributed by atoms with Crippen LogP contribution in [0.15, 0.2) is 24.5 Å². The number of amides is 1. The molecule has 5 N–H and O–H groups in total. The summed E-state index contributed by atoms with van der Waals surface area (Å²) in [6.07, 6.45) is -3.99. The molecular weight excluding hydrogens is 436 g/mol. The lowest BCUT2D eigenvalue weighted by atomic mass is 9.99. The molecule has 1 aliphatic carbocycles. The zero-order valence-electron chi connectivity index (χ0n) is 17.5. The third-order valence-electron chi connectivity index (χ3n) is 5.90. The molecule has 5 rings (SSSR count). The fourth-order valence-electron chi connectivity index (χ4n) is 3.99. The second kappa shape index (κ2) is 7.92. The topological polar surface area (TPSA) is 175 Å². The maximum absolute atomic E-state index is 13.1. The summed E-state index contributed by atoms with van der Waals surface area (Å²) < 4.78 is 10.7. The lowest BCUT2D eigenvalue weighted by Gasteiger charge is -2.38. The third-order valence-corrected chi connectivity index (χ3v) is 5.90. The van der Waals surface area contributed by atoms with Gasteiger partial charge in [0, 0.05) is 12.2 Å². The fourth-order valence-corrected chi connectivity index (χ4v) is 3.99. The van der Waals surface area contributed by atoms with Crippen molar-refractivity contribution in [2.24, 2.45) is 0 Å². The van der Waals surface area contributed by atoms with E-state index < -0.39 is 42.6 Å². The van der Waals surface area contributed by atoms with Crippen molar-refractivity contribution in [3.05, 3.63) is 35.7 Å². The highest BCUT2D eigenvalue weighted by Gasteiger charge is 2.48. The summed E-state index contributed by atoms with van der Waals surface area (Å²) >= 11 is 0. The lowest BCUT2D eigenvalue weighted by molar-refractivity contribution is -0.271. The lowest BCUT2D eigenvalue weighted by Crippen LogP contribution is -2.61. The monoisotopic (exact) mass is 458 g/mol. The number of aliphatic carboxylic acids is 1. The number of carbonyl (C=O) groups excluding carboxylic acids is 1. The van der Waals surface area contributed by atoms with Gasteiger partial charge in [-0.3, -0.25) is 4.79 Å². The Balaban J connectivity index is 1.49. The summed E-state index contributed by atoms with van der Waals surface area (Å²) in [6, 6.07) is 3.33. The van der Waals surface area contributed by atoms with E-state index in [0.29, 0.717) is 17.3 Å². The highest BCUT2D eigenvalue weighted by molar-refractivity contribution is 6.12. The number of hydrogen-bond acceptors (Lipinski definition) is 10. The first-order valence-electron chi connectivity index (χ1n) is 10.4. The van der Waals surface area contributed by atoms with E-state index >= 15 is 0 Å². The van der Waals surface area contributed by atoms with E-state index in [4.69, 9.17) is 9.47 Å². The normalized spacial score (nSPS) is 28.9. The number of hydrogen-bond donors (Lipinski definition) is 5. The average Bonchev–Trinajstić information content (AvgIpc) is 3.62. The molecule has 1 amide bonds. The number of nitrogens with one attached hydrogen (secondary N) is 1. The van der Waals surface area contributed by atoms with Crippen molar-refractivity contribution in [3.63, 3.8) is 0 Å². The number of carboxylic acid groups (broad SMARTS) is 1. The van der Waals surface area contributed by atoms with Crippen molar-refractivity contribution >= 4 is 29.2 Å². The number of aliphatic hydroxyl groups is 3. The third kappa shape index (κ3) is 3.66. The molecule has 2 fully saturated rings. The first-order valence-corrected chi connectivity index (χ1v) is 10.4. The van der Waals surface area contributed by atoms with Crippen LogP contribution in [0.5, 0.6) is 5.75 Å². The molecule has 33 heavy (non-hydrogen) atoms. The molecular formula is C21H22N4O8. The summed E-state index contributed by atoms with van der Waals surface area (Å²) in [5.74, 6) is -0.969. The minimum Gasteiger partial charge on any atom is -0.479 e. The van der Waals surface area contributed by atoms with Gasteiger partial charge in [-0.05, 0) is 37.5 Å². The van der Waals surface area contributed by atoms with E-state index in [1.165, 1.54) is 12.3 Å². The maximum Gasteiger partial charge on any atom is 0.335 e. The Bertz CT molecular complexity index is 1120. The van der Waals surface area contributed by atoms with Gasteiger partial charge in [0.2, 0.25) is 6.29 Å². The van der Waals surface area contributed by atoms with Crippen LogP contribution in [-0.2, 0) is 9.53 Å². The minimum atomic E-state index is -1.84. The van der Waals surface area contributed by atoms with Crippen LogP contribution in [0.3, 0.4) is 0 Å². The van der Waals surface area contributed by atoms with E-state index in [2.05, 4.69) is 15.3 Å². The first-order chi connectivity index (χ1) is 15.8. The van der Waals surface area contributed by atoms with Crippen molar-refractivity contribution in [2.45, 2.75) is 56.5 Å². The van der Waals surface area contributed by atoms with Crippen LogP contribution in [0.1, 0.15) is 28.8 Å². The van der Waals surface area contributed by atoms with Gasteiger partial charge in [0.25, 0.3) is 5.91 Å². The molecule has 0 unspecified atom stereocenters. The molecule has 0 spiro atoms. The molecule has 2 aromatic rings. The molecule has 0 bridgehead atoms. The van der Waals surface area contributed by atoms with Crippen molar-refractivity contribution in [1.29, 1.82) is 0 Å². The second-order valence-corrected chi connectivity index (χ2v) is 8.28. The number of rotatable bonds is 4.